The van der Waals surface area contributed by atoms with Crippen LogP contribution >= 0.6 is 35.6 Å². The Balaban J connectivity index is 0.00000242. The summed E-state index contributed by atoms with van der Waals surface area (Å²) in [5.74, 6) is 0.158. The van der Waals surface area contributed by atoms with Crippen LogP contribution in [0.25, 0.3) is 0 Å². The third-order valence-corrected chi connectivity index (χ3v) is 4.76. The largest absolute Gasteiger partial charge is 0.342 e. The second-order valence-corrected chi connectivity index (χ2v) is 6.57. The molecule has 3 nitrogen and oxygen atoms in total. The van der Waals surface area contributed by atoms with Crippen LogP contribution < -0.4 is 5.32 Å². The van der Waals surface area contributed by atoms with Crippen LogP contribution in [0.5, 0.6) is 0 Å². The van der Waals surface area contributed by atoms with E-state index in [9.17, 15) is 4.79 Å². The Morgan fingerprint density at radius 2 is 2.00 bits per heavy atom. The fraction of sp³-hybridized carbons (Fsp3) is 0.562. The molecule has 1 heterocycles. The van der Waals surface area contributed by atoms with E-state index in [-0.39, 0.29) is 24.2 Å². The molecule has 1 fully saturated rings. The van der Waals surface area contributed by atoms with Gasteiger partial charge in [0.05, 0.1) is 0 Å². The summed E-state index contributed by atoms with van der Waals surface area (Å²) >= 11 is 12.1. The van der Waals surface area contributed by atoms with E-state index in [4.69, 9.17) is 23.2 Å². The van der Waals surface area contributed by atoms with E-state index in [0.29, 0.717) is 22.5 Å². The number of carbonyl (C=O) groups is 1. The van der Waals surface area contributed by atoms with Gasteiger partial charge in [-0.25, -0.2) is 0 Å². The SMILES string of the molecule is CNC1CCN(C(=O)C(C)Cc2ccc(Cl)cc2Cl)CC1.Cl. The Bertz CT molecular complexity index is 502. The number of piperidine rings is 1. The Morgan fingerprint density at radius 1 is 1.36 bits per heavy atom. The van der Waals surface area contributed by atoms with Crippen molar-refractivity contribution in [2.24, 2.45) is 5.92 Å². The van der Waals surface area contributed by atoms with Crippen molar-refractivity contribution < 1.29 is 4.79 Å². The standard InChI is InChI=1S/C16H22Cl2N2O.ClH/c1-11(9-12-3-4-13(17)10-15(12)18)16(21)20-7-5-14(19-2)6-8-20;/h3-4,10-11,14,19H,5-9H2,1-2H3;1H. The van der Waals surface area contributed by atoms with Gasteiger partial charge < -0.3 is 10.2 Å². The van der Waals surface area contributed by atoms with Crippen molar-refractivity contribution in [3.8, 4) is 0 Å². The van der Waals surface area contributed by atoms with Crippen LogP contribution in [0, 0.1) is 5.92 Å². The van der Waals surface area contributed by atoms with E-state index >= 15 is 0 Å². The number of likely N-dealkylation sites (tertiary alicyclic amines) is 1. The van der Waals surface area contributed by atoms with Crippen molar-refractivity contribution in [3.63, 3.8) is 0 Å². The highest BCUT2D eigenvalue weighted by Gasteiger charge is 2.25. The van der Waals surface area contributed by atoms with Crippen molar-refractivity contribution in [1.82, 2.24) is 10.2 Å². The zero-order valence-corrected chi connectivity index (χ0v) is 15.3. The van der Waals surface area contributed by atoms with Crippen molar-refractivity contribution in [3.05, 3.63) is 33.8 Å². The highest BCUT2D eigenvalue weighted by molar-refractivity contribution is 6.35. The average molecular weight is 366 g/mol. The molecule has 0 radical (unpaired) electrons. The molecule has 2 rings (SSSR count). The van der Waals surface area contributed by atoms with Gasteiger partial charge in [-0.1, -0.05) is 36.2 Å². The minimum Gasteiger partial charge on any atom is -0.342 e. The minimum atomic E-state index is -0.0604. The fourth-order valence-electron chi connectivity index (χ4n) is 2.80. The van der Waals surface area contributed by atoms with Crippen LogP contribution in [0.2, 0.25) is 10.0 Å². The van der Waals surface area contributed by atoms with E-state index in [1.807, 2.05) is 31.0 Å². The lowest BCUT2D eigenvalue weighted by Crippen LogP contribution is -2.45. The zero-order valence-electron chi connectivity index (χ0n) is 12.9. The number of rotatable bonds is 4. The molecule has 1 aromatic carbocycles. The highest BCUT2D eigenvalue weighted by Crippen LogP contribution is 2.24. The maximum atomic E-state index is 12.5. The number of halogens is 3. The molecular formula is C16H23Cl3N2O. The summed E-state index contributed by atoms with van der Waals surface area (Å²) in [7, 11) is 1.98. The van der Waals surface area contributed by atoms with E-state index < -0.39 is 0 Å². The van der Waals surface area contributed by atoms with Gasteiger partial charge in [0.15, 0.2) is 0 Å². The fourth-order valence-corrected chi connectivity index (χ4v) is 3.29. The van der Waals surface area contributed by atoms with E-state index in [1.54, 1.807) is 6.07 Å². The molecule has 1 atom stereocenters. The molecule has 0 spiro atoms. The number of benzene rings is 1. The minimum absolute atomic E-state index is 0. The molecule has 0 bridgehead atoms. The van der Waals surface area contributed by atoms with Gasteiger partial charge in [-0.05, 0) is 44.0 Å². The molecule has 0 aliphatic carbocycles. The van der Waals surface area contributed by atoms with Crippen LogP contribution in [0.4, 0.5) is 0 Å². The number of carbonyl (C=O) groups excluding carboxylic acids is 1. The van der Waals surface area contributed by atoms with Crippen molar-refractivity contribution in [2.45, 2.75) is 32.2 Å². The van der Waals surface area contributed by atoms with Crippen LogP contribution in [0.1, 0.15) is 25.3 Å². The third-order valence-electron chi connectivity index (χ3n) is 4.18. The Kier molecular flexibility index (Phi) is 7.98. The maximum Gasteiger partial charge on any atom is 0.225 e. The first-order valence-electron chi connectivity index (χ1n) is 7.41. The Morgan fingerprint density at radius 3 is 2.55 bits per heavy atom. The predicted octanol–water partition coefficient (Wildman–Crippen LogP) is 3.80. The smallest absolute Gasteiger partial charge is 0.225 e. The van der Waals surface area contributed by atoms with Crippen LogP contribution in [0.15, 0.2) is 18.2 Å². The first-order chi connectivity index (χ1) is 10.0. The third kappa shape index (κ3) is 5.02. The first kappa shape index (κ1) is 19.6. The van der Waals surface area contributed by atoms with Crippen LogP contribution in [-0.2, 0) is 11.2 Å². The lowest BCUT2D eigenvalue weighted by atomic mass is 9.97. The lowest BCUT2D eigenvalue weighted by Gasteiger charge is -2.33. The summed E-state index contributed by atoms with van der Waals surface area (Å²) in [5, 5.41) is 4.53. The summed E-state index contributed by atoms with van der Waals surface area (Å²) in [6.07, 6.45) is 2.70. The first-order valence-corrected chi connectivity index (χ1v) is 8.17. The van der Waals surface area contributed by atoms with Crippen LogP contribution in [-0.4, -0.2) is 37.0 Å². The molecule has 1 N–H and O–H groups in total. The number of nitrogens with one attached hydrogen (secondary N) is 1. The van der Waals surface area contributed by atoms with Gasteiger partial charge >= 0.3 is 0 Å². The highest BCUT2D eigenvalue weighted by atomic mass is 35.5. The number of amides is 1. The second-order valence-electron chi connectivity index (χ2n) is 5.73. The molecule has 1 saturated heterocycles. The molecule has 1 aliphatic rings. The summed E-state index contributed by atoms with van der Waals surface area (Å²) in [4.78, 5) is 14.5. The van der Waals surface area contributed by atoms with Gasteiger partial charge in [-0.2, -0.15) is 0 Å². The van der Waals surface area contributed by atoms with Crippen LogP contribution in [0.3, 0.4) is 0 Å². The van der Waals surface area contributed by atoms with Gasteiger partial charge in [-0.15, -0.1) is 12.4 Å². The normalized spacial score (nSPS) is 17.0. The van der Waals surface area contributed by atoms with Gasteiger partial charge in [0.1, 0.15) is 0 Å². The number of hydrogen-bond donors (Lipinski definition) is 1. The van der Waals surface area contributed by atoms with Gasteiger partial charge in [0.2, 0.25) is 5.91 Å². The van der Waals surface area contributed by atoms with Crippen molar-refractivity contribution in [1.29, 1.82) is 0 Å². The Hall–Kier alpha value is -0.480. The molecule has 1 unspecified atom stereocenters. The molecule has 0 aromatic heterocycles. The van der Waals surface area contributed by atoms with E-state index in [1.165, 1.54) is 0 Å². The summed E-state index contributed by atoms with van der Waals surface area (Å²) in [6, 6.07) is 5.99. The number of hydrogen-bond acceptors (Lipinski definition) is 2. The number of nitrogens with zero attached hydrogens (tertiary/aromatic N) is 1. The molecule has 22 heavy (non-hydrogen) atoms. The average Bonchev–Trinajstić information content (AvgIpc) is 2.49. The predicted molar refractivity (Wildman–Crippen MR) is 95.2 cm³/mol. The molecule has 1 aromatic rings. The molecule has 6 heteroatoms. The van der Waals surface area contributed by atoms with E-state index in [0.717, 1.165) is 31.5 Å². The van der Waals surface area contributed by atoms with E-state index in [2.05, 4.69) is 5.32 Å². The summed E-state index contributed by atoms with van der Waals surface area (Å²) < 4.78 is 0. The molecule has 1 amide bonds. The Labute approximate surface area is 148 Å². The lowest BCUT2D eigenvalue weighted by molar-refractivity contribution is -0.136. The molecular weight excluding hydrogens is 343 g/mol. The quantitative estimate of drug-likeness (QED) is 0.880. The molecule has 124 valence electrons. The van der Waals surface area contributed by atoms with Crippen molar-refractivity contribution in [2.75, 3.05) is 20.1 Å². The molecule has 1 aliphatic heterocycles. The maximum absolute atomic E-state index is 12.5. The molecule has 0 saturated carbocycles. The van der Waals surface area contributed by atoms with Crippen molar-refractivity contribution >= 4 is 41.5 Å². The van der Waals surface area contributed by atoms with Gasteiger partial charge in [0.25, 0.3) is 0 Å². The summed E-state index contributed by atoms with van der Waals surface area (Å²) in [6.45, 7) is 3.64. The van der Waals surface area contributed by atoms with Gasteiger partial charge in [0, 0.05) is 35.1 Å². The second kappa shape index (κ2) is 8.97. The summed E-state index contributed by atoms with van der Waals surface area (Å²) in [5.41, 5.74) is 0.979. The monoisotopic (exact) mass is 364 g/mol. The van der Waals surface area contributed by atoms with Gasteiger partial charge in [-0.3, -0.25) is 4.79 Å². The topological polar surface area (TPSA) is 32.3 Å². The zero-order chi connectivity index (χ0) is 15.4.